The van der Waals surface area contributed by atoms with Gasteiger partial charge in [-0.25, -0.2) is 9.69 Å². The Labute approximate surface area is 245 Å². The fourth-order valence-corrected chi connectivity index (χ4v) is 5.64. The van der Waals surface area contributed by atoms with Crippen molar-refractivity contribution in [3.8, 4) is 39.5 Å². The molecule has 3 amide bonds. The third-order valence-corrected chi connectivity index (χ3v) is 7.66. The van der Waals surface area contributed by atoms with Crippen molar-refractivity contribution in [2.75, 3.05) is 19.1 Å². The molecule has 1 aliphatic rings. The van der Waals surface area contributed by atoms with Crippen LogP contribution in [0.1, 0.15) is 26.3 Å². The van der Waals surface area contributed by atoms with Crippen molar-refractivity contribution in [2.24, 2.45) is 5.73 Å². The number of halogens is 1. The van der Waals surface area contributed by atoms with Crippen molar-refractivity contribution in [1.29, 1.82) is 0 Å². The summed E-state index contributed by atoms with van der Waals surface area (Å²) in [6, 6.07) is 22.3. The minimum absolute atomic E-state index is 0.0298. The van der Waals surface area contributed by atoms with Gasteiger partial charge in [0.1, 0.15) is 17.2 Å². The molecular formula is C33H23ClN2O6. The highest BCUT2D eigenvalue weighted by atomic mass is 35.5. The maximum absolute atomic E-state index is 13.9. The number of ether oxygens (including phenoxy) is 2. The number of hydrogen-bond donors (Lipinski definition) is 2. The number of phenolic OH excluding ortho intramolecular Hbond substituents is 1. The number of hydrogen-bond acceptors (Lipinski definition) is 6. The number of rotatable bonds is 5. The highest BCUT2D eigenvalue weighted by Crippen LogP contribution is 2.44. The van der Waals surface area contributed by atoms with Crippen LogP contribution in [0.15, 0.2) is 84.9 Å². The summed E-state index contributed by atoms with van der Waals surface area (Å²) in [7, 11) is 2.98. The van der Waals surface area contributed by atoms with E-state index in [0.29, 0.717) is 49.5 Å². The first kappa shape index (κ1) is 26.9. The van der Waals surface area contributed by atoms with Crippen molar-refractivity contribution in [3.05, 3.63) is 107 Å². The number of methoxy groups -OCH3 is 2. The number of phenols is 1. The van der Waals surface area contributed by atoms with Crippen molar-refractivity contribution >= 4 is 45.8 Å². The first-order valence-electron chi connectivity index (χ1n) is 12.8. The number of imide groups is 1. The zero-order chi connectivity index (χ0) is 29.7. The third-order valence-electron chi connectivity index (χ3n) is 7.36. The van der Waals surface area contributed by atoms with E-state index in [4.69, 9.17) is 26.8 Å². The molecule has 0 saturated carbocycles. The molecule has 0 radical (unpaired) electrons. The van der Waals surface area contributed by atoms with E-state index >= 15 is 0 Å². The average molecular weight is 579 g/mol. The number of fused-ring (bicyclic) bond motifs is 4. The molecule has 0 aliphatic heterocycles. The molecule has 5 aromatic carbocycles. The molecule has 8 nitrogen and oxygen atoms in total. The summed E-state index contributed by atoms with van der Waals surface area (Å²) in [5.74, 6) is -0.201. The molecule has 1 aliphatic carbocycles. The topological polar surface area (TPSA) is 119 Å². The number of benzene rings is 5. The monoisotopic (exact) mass is 578 g/mol. The molecule has 6 rings (SSSR count). The number of carbonyl (C=O) groups excluding carboxylic acids is 3. The molecule has 0 unspecified atom stereocenters. The molecule has 42 heavy (non-hydrogen) atoms. The number of carbonyl (C=O) groups is 3. The second-order valence-corrected chi connectivity index (χ2v) is 10.1. The lowest BCUT2D eigenvalue weighted by Gasteiger charge is -2.21. The number of ketones is 1. The largest absolute Gasteiger partial charge is 0.507 e. The van der Waals surface area contributed by atoms with E-state index in [2.05, 4.69) is 0 Å². The molecule has 5 aromatic rings. The van der Waals surface area contributed by atoms with Crippen molar-refractivity contribution in [3.63, 3.8) is 0 Å². The molecule has 208 valence electrons. The van der Waals surface area contributed by atoms with Gasteiger partial charge in [0.15, 0.2) is 5.78 Å². The van der Waals surface area contributed by atoms with Crippen LogP contribution in [0.25, 0.3) is 33.0 Å². The molecule has 3 N–H and O–H groups in total. The smallest absolute Gasteiger partial charge is 0.326 e. The number of nitrogens with zero attached hydrogens (tertiary/aromatic N) is 1. The number of amides is 3. The van der Waals surface area contributed by atoms with Gasteiger partial charge in [-0.3, -0.25) is 9.59 Å². The van der Waals surface area contributed by atoms with Crippen LogP contribution in [-0.4, -0.2) is 37.0 Å². The number of anilines is 1. The fourth-order valence-electron chi connectivity index (χ4n) is 5.40. The summed E-state index contributed by atoms with van der Waals surface area (Å²) in [6.07, 6.45) is 0. The third kappa shape index (κ3) is 4.20. The van der Waals surface area contributed by atoms with Gasteiger partial charge in [0, 0.05) is 28.3 Å². The van der Waals surface area contributed by atoms with Gasteiger partial charge >= 0.3 is 6.03 Å². The van der Waals surface area contributed by atoms with E-state index in [-0.39, 0.29) is 28.3 Å². The van der Waals surface area contributed by atoms with E-state index in [1.165, 1.54) is 26.4 Å². The van der Waals surface area contributed by atoms with E-state index in [1.54, 1.807) is 60.7 Å². The Morgan fingerprint density at radius 2 is 1.48 bits per heavy atom. The molecule has 0 fully saturated rings. The van der Waals surface area contributed by atoms with Crippen LogP contribution in [0, 0.1) is 0 Å². The number of urea groups is 1. The predicted octanol–water partition coefficient (Wildman–Crippen LogP) is 6.82. The lowest BCUT2D eigenvalue weighted by atomic mass is 9.97. The summed E-state index contributed by atoms with van der Waals surface area (Å²) < 4.78 is 10.8. The van der Waals surface area contributed by atoms with Crippen molar-refractivity contribution in [1.82, 2.24) is 0 Å². The maximum atomic E-state index is 13.9. The zero-order valence-corrected chi connectivity index (χ0v) is 23.2. The van der Waals surface area contributed by atoms with E-state index in [1.807, 2.05) is 12.1 Å². The first-order chi connectivity index (χ1) is 20.2. The normalized spacial score (nSPS) is 11.6. The highest BCUT2D eigenvalue weighted by molar-refractivity contribution is 6.32. The Balaban J connectivity index is 1.45. The van der Waals surface area contributed by atoms with Gasteiger partial charge in [-0.1, -0.05) is 54.1 Å². The summed E-state index contributed by atoms with van der Waals surface area (Å²) in [6.45, 7) is 0. The van der Waals surface area contributed by atoms with Gasteiger partial charge in [-0.05, 0) is 58.3 Å². The molecule has 0 aromatic heterocycles. The first-order valence-corrected chi connectivity index (χ1v) is 13.2. The minimum Gasteiger partial charge on any atom is -0.507 e. The highest BCUT2D eigenvalue weighted by Gasteiger charge is 2.34. The average Bonchev–Trinajstić information content (AvgIpc) is 3.28. The minimum atomic E-state index is -1.03. The molecular weight excluding hydrogens is 556 g/mol. The van der Waals surface area contributed by atoms with Gasteiger partial charge in [-0.15, -0.1) is 0 Å². The standard InChI is InChI=1S/C33H23ClN2O6/c1-41-28-16-29(42-2)25(34)15-24(28)23-13-19-12-18(11-10-17(19)14-27(23)37)32(39)36(33(35)40)26-9-5-8-21-20-6-3-4-7-22(20)31(38)30(21)26/h3-16,37H,1-2H3,(H2,35,40). The number of aromatic hydroxyl groups is 1. The van der Waals surface area contributed by atoms with E-state index < -0.39 is 11.9 Å². The van der Waals surface area contributed by atoms with Gasteiger partial charge in [-0.2, -0.15) is 0 Å². The van der Waals surface area contributed by atoms with Crippen LogP contribution >= 0.6 is 11.6 Å². The van der Waals surface area contributed by atoms with Crippen LogP contribution in [0.2, 0.25) is 5.02 Å². The lowest BCUT2D eigenvalue weighted by Crippen LogP contribution is -2.41. The maximum Gasteiger partial charge on any atom is 0.326 e. The molecule has 0 heterocycles. The zero-order valence-electron chi connectivity index (χ0n) is 22.5. The van der Waals surface area contributed by atoms with Crippen LogP contribution < -0.4 is 20.1 Å². The number of nitrogens with two attached hydrogens (primary N) is 1. The molecule has 0 saturated heterocycles. The number of primary amides is 1. The van der Waals surface area contributed by atoms with Crippen LogP contribution in [0.4, 0.5) is 10.5 Å². The van der Waals surface area contributed by atoms with Crippen LogP contribution in [0.3, 0.4) is 0 Å². The predicted molar refractivity (Wildman–Crippen MR) is 161 cm³/mol. The summed E-state index contributed by atoms with van der Waals surface area (Å²) in [5.41, 5.74) is 8.99. The van der Waals surface area contributed by atoms with Crippen LogP contribution in [0.5, 0.6) is 17.2 Å². The molecule has 0 spiro atoms. The van der Waals surface area contributed by atoms with Crippen LogP contribution in [-0.2, 0) is 0 Å². The van der Waals surface area contributed by atoms with E-state index in [0.717, 1.165) is 10.5 Å². The Kier molecular flexibility index (Phi) is 6.55. The SMILES string of the molecule is COc1cc(OC)c(-c2cc3cc(C(=O)N(C(N)=O)c4cccc5c4C(=O)c4ccccc4-5)ccc3cc2O)cc1Cl. The summed E-state index contributed by atoms with van der Waals surface area (Å²) in [4.78, 5) is 40.8. The van der Waals surface area contributed by atoms with Gasteiger partial charge in [0.25, 0.3) is 5.91 Å². The van der Waals surface area contributed by atoms with E-state index in [9.17, 15) is 19.5 Å². The fraction of sp³-hybridized carbons (Fsp3) is 0.0606. The summed E-state index contributed by atoms with van der Waals surface area (Å²) in [5, 5.41) is 12.4. The molecule has 0 atom stereocenters. The molecule has 9 heteroatoms. The molecule has 0 bridgehead atoms. The van der Waals surface area contributed by atoms with Crippen molar-refractivity contribution < 1.29 is 29.0 Å². The summed E-state index contributed by atoms with van der Waals surface area (Å²) >= 11 is 6.37. The second-order valence-electron chi connectivity index (χ2n) is 9.67. The Bertz CT molecular complexity index is 1970. The Morgan fingerprint density at radius 3 is 2.19 bits per heavy atom. The Morgan fingerprint density at radius 1 is 0.762 bits per heavy atom. The van der Waals surface area contributed by atoms with Crippen molar-refractivity contribution in [2.45, 2.75) is 0 Å². The Hall–Kier alpha value is -5.34. The van der Waals surface area contributed by atoms with Gasteiger partial charge in [0.2, 0.25) is 0 Å². The van der Waals surface area contributed by atoms with Gasteiger partial charge in [0.05, 0.1) is 30.5 Å². The quantitative estimate of drug-likeness (QED) is 0.232. The lowest BCUT2D eigenvalue weighted by molar-refractivity contribution is 0.0995. The second kappa shape index (κ2) is 10.2. The van der Waals surface area contributed by atoms with Gasteiger partial charge < -0.3 is 20.3 Å².